The number of morpholine rings is 1. The first-order chi connectivity index (χ1) is 15.0. The molecule has 8 nitrogen and oxygen atoms in total. The second-order valence-corrected chi connectivity index (χ2v) is 10.4. The van der Waals surface area contributed by atoms with E-state index in [0.29, 0.717) is 45.0 Å². The van der Waals surface area contributed by atoms with Crippen LogP contribution in [0.4, 0.5) is 4.79 Å². The Hall–Kier alpha value is -1.98. The molecule has 3 heterocycles. The van der Waals surface area contributed by atoms with Crippen molar-refractivity contribution in [3.63, 3.8) is 0 Å². The molecule has 2 saturated heterocycles. The van der Waals surface area contributed by atoms with Crippen LogP contribution in [0.25, 0.3) is 0 Å². The summed E-state index contributed by atoms with van der Waals surface area (Å²) in [5.41, 5.74) is 1.90. The SMILES string of the molecule is O=C(NCc1ccccc1S(=O)(=O)N1CCOCC1)N1CCN(Cc2ccsc2)CC1. The number of benzene rings is 1. The first-order valence-corrected chi connectivity index (χ1v) is 12.8. The van der Waals surface area contributed by atoms with Gasteiger partial charge in [-0.05, 0) is 34.0 Å². The molecule has 2 fully saturated rings. The minimum Gasteiger partial charge on any atom is -0.379 e. The Morgan fingerprint density at radius 3 is 2.48 bits per heavy atom. The Bertz CT molecular complexity index is 967. The van der Waals surface area contributed by atoms with Crippen LogP contribution >= 0.6 is 11.3 Å². The summed E-state index contributed by atoms with van der Waals surface area (Å²) >= 11 is 1.70. The molecule has 1 N–H and O–H groups in total. The highest BCUT2D eigenvalue weighted by Crippen LogP contribution is 2.21. The molecule has 31 heavy (non-hydrogen) atoms. The van der Waals surface area contributed by atoms with Gasteiger partial charge in [0.05, 0.1) is 18.1 Å². The van der Waals surface area contributed by atoms with Crippen molar-refractivity contribution >= 4 is 27.4 Å². The second-order valence-electron chi connectivity index (χ2n) is 7.68. The molecular weight excluding hydrogens is 436 g/mol. The van der Waals surface area contributed by atoms with Crippen molar-refractivity contribution in [2.75, 3.05) is 52.5 Å². The maximum absolute atomic E-state index is 13.1. The standard InChI is InChI=1S/C21H28N4O4S2/c26-21(24-8-6-23(7-9-24)16-18-5-14-30-17-18)22-15-19-3-1-2-4-20(19)31(27,28)25-10-12-29-13-11-25/h1-5,14,17H,6-13,15-16H2,(H,22,26). The van der Waals surface area contributed by atoms with E-state index in [1.807, 2.05) is 0 Å². The Morgan fingerprint density at radius 2 is 1.77 bits per heavy atom. The molecule has 0 radical (unpaired) electrons. The van der Waals surface area contributed by atoms with E-state index in [4.69, 9.17) is 4.74 Å². The zero-order valence-electron chi connectivity index (χ0n) is 17.4. The van der Waals surface area contributed by atoms with Crippen molar-refractivity contribution in [2.45, 2.75) is 18.0 Å². The first-order valence-electron chi connectivity index (χ1n) is 10.5. The van der Waals surface area contributed by atoms with E-state index in [2.05, 4.69) is 27.0 Å². The summed E-state index contributed by atoms with van der Waals surface area (Å²) in [6.45, 7) is 5.54. The molecule has 1 aromatic carbocycles. The summed E-state index contributed by atoms with van der Waals surface area (Å²) in [5.74, 6) is 0. The van der Waals surface area contributed by atoms with Crippen LogP contribution in [0, 0.1) is 0 Å². The van der Waals surface area contributed by atoms with Gasteiger partial charge in [0.15, 0.2) is 0 Å². The van der Waals surface area contributed by atoms with Crippen molar-refractivity contribution in [1.82, 2.24) is 19.4 Å². The van der Waals surface area contributed by atoms with Gasteiger partial charge in [0.2, 0.25) is 10.0 Å². The topological polar surface area (TPSA) is 82.2 Å². The zero-order valence-corrected chi connectivity index (χ0v) is 19.0. The molecule has 2 amide bonds. The van der Waals surface area contributed by atoms with Gasteiger partial charge in [0, 0.05) is 52.4 Å². The molecule has 0 atom stereocenters. The van der Waals surface area contributed by atoms with E-state index in [0.717, 1.165) is 19.6 Å². The third-order valence-corrected chi connectivity index (χ3v) is 8.37. The molecule has 168 valence electrons. The average Bonchev–Trinajstić information content (AvgIpc) is 3.32. The molecule has 2 aliphatic rings. The fraction of sp³-hybridized carbons (Fsp3) is 0.476. The lowest BCUT2D eigenvalue weighted by atomic mass is 10.2. The van der Waals surface area contributed by atoms with Crippen LogP contribution in [-0.2, 0) is 27.8 Å². The Balaban J connectivity index is 1.33. The summed E-state index contributed by atoms with van der Waals surface area (Å²) in [7, 11) is -3.62. The maximum Gasteiger partial charge on any atom is 0.317 e. The van der Waals surface area contributed by atoms with Crippen molar-refractivity contribution in [1.29, 1.82) is 0 Å². The number of piperazine rings is 1. The average molecular weight is 465 g/mol. The number of ether oxygens (including phenoxy) is 1. The van der Waals surface area contributed by atoms with Gasteiger partial charge in [0.25, 0.3) is 0 Å². The molecule has 0 spiro atoms. The summed E-state index contributed by atoms with van der Waals surface area (Å²) in [4.78, 5) is 17.1. The number of amides is 2. The van der Waals surface area contributed by atoms with Gasteiger partial charge in [-0.15, -0.1) is 0 Å². The van der Waals surface area contributed by atoms with E-state index >= 15 is 0 Å². The molecular formula is C21H28N4O4S2. The number of carbonyl (C=O) groups excluding carboxylic acids is 1. The zero-order chi connectivity index (χ0) is 21.7. The quantitative estimate of drug-likeness (QED) is 0.705. The molecule has 10 heteroatoms. The van der Waals surface area contributed by atoms with Gasteiger partial charge in [-0.1, -0.05) is 18.2 Å². The molecule has 0 saturated carbocycles. The lowest BCUT2D eigenvalue weighted by Gasteiger charge is -2.34. The molecule has 4 rings (SSSR count). The number of nitrogens with zero attached hydrogens (tertiary/aromatic N) is 3. The van der Waals surface area contributed by atoms with E-state index in [1.54, 1.807) is 40.5 Å². The van der Waals surface area contributed by atoms with Crippen LogP contribution in [0.3, 0.4) is 0 Å². The van der Waals surface area contributed by atoms with Gasteiger partial charge in [-0.2, -0.15) is 15.6 Å². The Labute approximate surface area is 187 Å². The lowest BCUT2D eigenvalue weighted by molar-refractivity contribution is 0.0730. The lowest BCUT2D eigenvalue weighted by Crippen LogP contribution is -2.51. The highest BCUT2D eigenvalue weighted by molar-refractivity contribution is 7.89. The second kappa shape index (κ2) is 10.1. The number of rotatable bonds is 6. The molecule has 1 aromatic heterocycles. The van der Waals surface area contributed by atoms with Crippen molar-refractivity contribution in [3.8, 4) is 0 Å². The van der Waals surface area contributed by atoms with Crippen LogP contribution in [0.5, 0.6) is 0 Å². The fourth-order valence-electron chi connectivity index (χ4n) is 3.86. The minimum atomic E-state index is -3.62. The molecule has 0 unspecified atom stereocenters. The highest BCUT2D eigenvalue weighted by Gasteiger charge is 2.28. The summed E-state index contributed by atoms with van der Waals surface area (Å²) < 4.78 is 32.8. The minimum absolute atomic E-state index is 0.159. The number of nitrogens with one attached hydrogen (secondary N) is 1. The third kappa shape index (κ3) is 5.45. The van der Waals surface area contributed by atoms with Crippen LogP contribution in [-0.4, -0.2) is 81.0 Å². The predicted octanol–water partition coefficient (Wildman–Crippen LogP) is 1.80. The number of hydrogen-bond donors (Lipinski definition) is 1. The highest BCUT2D eigenvalue weighted by atomic mass is 32.2. The van der Waals surface area contributed by atoms with Crippen molar-refractivity contribution in [3.05, 3.63) is 52.2 Å². The molecule has 0 aliphatic carbocycles. The summed E-state index contributed by atoms with van der Waals surface area (Å²) in [5, 5.41) is 7.14. The van der Waals surface area contributed by atoms with Crippen LogP contribution in [0.15, 0.2) is 46.0 Å². The first kappa shape index (κ1) is 22.2. The molecule has 2 aromatic rings. The van der Waals surface area contributed by atoms with Crippen molar-refractivity contribution in [2.24, 2.45) is 0 Å². The van der Waals surface area contributed by atoms with Crippen molar-refractivity contribution < 1.29 is 17.9 Å². The van der Waals surface area contributed by atoms with E-state index < -0.39 is 10.0 Å². The van der Waals surface area contributed by atoms with E-state index in [-0.39, 0.29) is 17.5 Å². The van der Waals surface area contributed by atoms with Gasteiger partial charge < -0.3 is 15.0 Å². The summed E-state index contributed by atoms with van der Waals surface area (Å²) in [6, 6.07) is 8.84. The Morgan fingerprint density at radius 1 is 1.03 bits per heavy atom. The van der Waals surface area contributed by atoms with Gasteiger partial charge in [-0.3, -0.25) is 4.90 Å². The van der Waals surface area contributed by atoms with Gasteiger partial charge in [-0.25, -0.2) is 13.2 Å². The number of carbonyl (C=O) groups is 1. The fourth-order valence-corrected chi connectivity index (χ4v) is 6.15. The number of hydrogen-bond acceptors (Lipinski definition) is 6. The van der Waals surface area contributed by atoms with Gasteiger partial charge >= 0.3 is 6.03 Å². The monoisotopic (exact) mass is 464 g/mol. The number of thiophene rings is 1. The molecule has 2 aliphatic heterocycles. The number of urea groups is 1. The predicted molar refractivity (Wildman–Crippen MR) is 119 cm³/mol. The smallest absolute Gasteiger partial charge is 0.317 e. The third-order valence-electron chi connectivity index (χ3n) is 5.64. The normalized spacial score (nSPS) is 18.8. The number of sulfonamides is 1. The van der Waals surface area contributed by atoms with Crippen LogP contribution in [0.1, 0.15) is 11.1 Å². The van der Waals surface area contributed by atoms with Crippen LogP contribution < -0.4 is 5.32 Å². The van der Waals surface area contributed by atoms with E-state index in [9.17, 15) is 13.2 Å². The largest absolute Gasteiger partial charge is 0.379 e. The van der Waals surface area contributed by atoms with Gasteiger partial charge in [0.1, 0.15) is 0 Å². The maximum atomic E-state index is 13.1. The van der Waals surface area contributed by atoms with Crippen LogP contribution in [0.2, 0.25) is 0 Å². The van der Waals surface area contributed by atoms with E-state index in [1.165, 1.54) is 9.87 Å². The summed E-state index contributed by atoms with van der Waals surface area (Å²) in [6.07, 6.45) is 0. The molecule has 0 bridgehead atoms. The Kier molecular flexibility index (Phi) is 7.24.